The highest BCUT2D eigenvalue weighted by Crippen LogP contribution is 2.54. The van der Waals surface area contributed by atoms with Gasteiger partial charge in [-0.15, -0.1) is 0 Å². The fourth-order valence-corrected chi connectivity index (χ4v) is 5.21. The van der Waals surface area contributed by atoms with Crippen LogP contribution in [0.3, 0.4) is 0 Å². The van der Waals surface area contributed by atoms with Crippen molar-refractivity contribution < 1.29 is 13.9 Å². The zero-order valence-electron chi connectivity index (χ0n) is 19.9. The number of carbonyl (C=O) groups excluding carboxylic acids is 1. The van der Waals surface area contributed by atoms with Crippen molar-refractivity contribution in [1.29, 1.82) is 0 Å². The lowest BCUT2D eigenvalue weighted by atomic mass is 9.85. The minimum absolute atomic E-state index is 0.152. The number of nitrogens with two attached hydrogens (primary N) is 1. The number of benzene rings is 3. The second kappa shape index (κ2) is 8.46. The fourth-order valence-electron chi connectivity index (χ4n) is 5.21. The van der Waals surface area contributed by atoms with Gasteiger partial charge >= 0.3 is 0 Å². The number of aromatic nitrogens is 1. The summed E-state index contributed by atoms with van der Waals surface area (Å²) in [6, 6.07) is 20.1. The Bertz CT molecular complexity index is 1510. The number of pyridine rings is 1. The van der Waals surface area contributed by atoms with Gasteiger partial charge < -0.3 is 21.1 Å². The smallest absolute Gasteiger partial charge is 0.251 e. The van der Waals surface area contributed by atoms with Gasteiger partial charge in [-0.3, -0.25) is 4.79 Å². The van der Waals surface area contributed by atoms with E-state index in [0.29, 0.717) is 23.6 Å². The zero-order valence-corrected chi connectivity index (χ0v) is 19.9. The van der Waals surface area contributed by atoms with Gasteiger partial charge in [-0.05, 0) is 89.7 Å². The van der Waals surface area contributed by atoms with Gasteiger partial charge in [0, 0.05) is 23.5 Å². The van der Waals surface area contributed by atoms with Gasteiger partial charge in [-0.25, -0.2) is 9.37 Å². The zero-order chi connectivity index (χ0) is 25.0. The van der Waals surface area contributed by atoms with Crippen molar-refractivity contribution in [2.45, 2.75) is 32.6 Å². The average molecular weight is 481 g/mol. The van der Waals surface area contributed by atoms with E-state index in [1.54, 1.807) is 18.2 Å². The molecule has 0 saturated carbocycles. The fraction of sp³-hybridized carbons (Fsp3) is 0.172. The Labute approximate surface area is 208 Å². The second-order valence-corrected chi connectivity index (χ2v) is 9.30. The largest absolute Gasteiger partial charge is 0.384 e. The van der Waals surface area contributed by atoms with E-state index < -0.39 is 0 Å². The third kappa shape index (κ3) is 3.69. The molecule has 2 atom stereocenters. The van der Waals surface area contributed by atoms with Gasteiger partial charge in [0.2, 0.25) is 0 Å². The first-order valence-electron chi connectivity index (χ1n) is 11.8. The molecule has 7 heteroatoms. The summed E-state index contributed by atoms with van der Waals surface area (Å²) in [6.07, 6.45) is -0.424. The molecule has 2 unspecified atom stereocenters. The normalized spacial score (nSPS) is 17.0. The Kier molecular flexibility index (Phi) is 5.23. The molecule has 2 bridgehead atoms. The second-order valence-electron chi connectivity index (χ2n) is 9.30. The van der Waals surface area contributed by atoms with Crippen LogP contribution in [0.1, 0.15) is 61.6 Å². The quantitative estimate of drug-likeness (QED) is 0.345. The molecule has 0 fully saturated rings. The van der Waals surface area contributed by atoms with Gasteiger partial charge in [0.05, 0.1) is 5.69 Å². The Morgan fingerprint density at radius 3 is 2.44 bits per heavy atom. The number of hydrogen-bond acceptors (Lipinski definition) is 5. The lowest BCUT2D eigenvalue weighted by Gasteiger charge is -2.18. The van der Waals surface area contributed by atoms with E-state index in [9.17, 15) is 9.18 Å². The van der Waals surface area contributed by atoms with Gasteiger partial charge in [0.1, 0.15) is 23.8 Å². The molecule has 0 radical (unpaired) electrons. The number of nitrogen functional groups attached to an aromatic ring is 1. The van der Waals surface area contributed by atoms with Crippen LogP contribution in [-0.2, 0) is 11.3 Å². The number of amides is 1. The summed E-state index contributed by atoms with van der Waals surface area (Å²) in [5.74, 6) is 0.0231. The summed E-state index contributed by atoms with van der Waals surface area (Å²) in [5, 5.41) is 6.16. The van der Waals surface area contributed by atoms with Gasteiger partial charge in [0.15, 0.2) is 0 Å². The highest BCUT2D eigenvalue weighted by atomic mass is 19.1. The number of ether oxygens (including phenoxy) is 1. The number of rotatable bonds is 5. The van der Waals surface area contributed by atoms with Crippen molar-refractivity contribution in [2.75, 3.05) is 11.1 Å². The number of fused-ring (bicyclic) bond motifs is 8. The van der Waals surface area contributed by atoms with E-state index in [0.717, 1.165) is 44.8 Å². The van der Waals surface area contributed by atoms with Crippen LogP contribution in [-0.4, -0.2) is 10.9 Å². The third-order valence-corrected chi connectivity index (χ3v) is 6.99. The van der Waals surface area contributed by atoms with E-state index in [-0.39, 0.29) is 23.9 Å². The van der Waals surface area contributed by atoms with Crippen LogP contribution in [0.4, 0.5) is 21.6 Å². The van der Waals surface area contributed by atoms with E-state index >= 15 is 0 Å². The number of anilines is 3. The molecule has 1 aromatic heterocycles. The SMILES string of the molecule is Cc1cc(N)nc(C)c1CNC(=O)c1ccc2c(c1)C1OC2c2cc(Nc3ccccc3F)ccc21. The van der Waals surface area contributed by atoms with Crippen LogP contribution in [0.25, 0.3) is 0 Å². The van der Waals surface area contributed by atoms with Crippen molar-refractivity contribution in [3.8, 4) is 0 Å². The standard InChI is InChI=1S/C29H25FN4O2/c1-15-11-26(31)33-16(2)23(15)14-32-29(35)17-7-9-19-21(12-17)27-20-10-8-18(13-22(20)28(19)36-27)34-25-6-4-3-5-24(25)30/h3-13,27-28,34H,14H2,1-2H3,(H2,31,33)(H,32,35). The molecule has 180 valence electrons. The summed E-state index contributed by atoms with van der Waals surface area (Å²) in [7, 11) is 0. The first kappa shape index (κ1) is 22.2. The molecule has 1 amide bonds. The third-order valence-electron chi connectivity index (χ3n) is 6.99. The minimum atomic E-state index is -0.301. The molecule has 0 aliphatic carbocycles. The lowest BCUT2D eigenvalue weighted by molar-refractivity contribution is 0.0857. The van der Waals surface area contributed by atoms with E-state index in [4.69, 9.17) is 10.5 Å². The van der Waals surface area contributed by atoms with Crippen LogP contribution >= 0.6 is 0 Å². The van der Waals surface area contributed by atoms with Crippen molar-refractivity contribution in [3.63, 3.8) is 0 Å². The Morgan fingerprint density at radius 2 is 1.69 bits per heavy atom. The molecule has 6 rings (SSSR count). The van der Waals surface area contributed by atoms with Crippen LogP contribution in [0.2, 0.25) is 0 Å². The van der Waals surface area contributed by atoms with E-state index in [1.807, 2.05) is 56.3 Å². The molecule has 0 spiro atoms. The highest BCUT2D eigenvalue weighted by Gasteiger charge is 2.43. The topological polar surface area (TPSA) is 89.3 Å². The molecule has 2 aliphatic rings. The summed E-state index contributed by atoms with van der Waals surface area (Å²) in [6.45, 7) is 4.23. The number of nitrogens with zero attached hydrogens (tertiary/aromatic N) is 1. The molecular weight excluding hydrogens is 455 g/mol. The van der Waals surface area contributed by atoms with E-state index in [2.05, 4.69) is 15.6 Å². The Balaban J connectivity index is 1.21. The van der Waals surface area contributed by atoms with Crippen molar-refractivity contribution in [1.82, 2.24) is 10.3 Å². The molecular formula is C29H25FN4O2. The highest BCUT2D eigenvalue weighted by molar-refractivity contribution is 5.94. The summed E-state index contributed by atoms with van der Waals surface area (Å²) < 4.78 is 20.4. The predicted octanol–water partition coefficient (Wildman–Crippen LogP) is 5.62. The summed E-state index contributed by atoms with van der Waals surface area (Å²) in [5.41, 5.74) is 14.6. The van der Waals surface area contributed by atoms with Gasteiger partial charge in [-0.2, -0.15) is 0 Å². The number of para-hydroxylation sites is 1. The maximum absolute atomic E-state index is 14.1. The first-order valence-corrected chi connectivity index (χ1v) is 11.8. The van der Waals surface area contributed by atoms with Crippen molar-refractivity contribution >= 4 is 23.1 Å². The maximum atomic E-state index is 14.1. The minimum Gasteiger partial charge on any atom is -0.384 e. The molecule has 4 N–H and O–H groups in total. The molecule has 2 aliphatic heterocycles. The number of carbonyl (C=O) groups is 1. The molecule has 3 heterocycles. The van der Waals surface area contributed by atoms with Crippen LogP contribution in [0, 0.1) is 19.7 Å². The molecule has 6 nitrogen and oxygen atoms in total. The number of halogens is 1. The maximum Gasteiger partial charge on any atom is 0.251 e. The lowest BCUT2D eigenvalue weighted by Crippen LogP contribution is -2.24. The predicted molar refractivity (Wildman–Crippen MR) is 137 cm³/mol. The first-order chi connectivity index (χ1) is 17.4. The molecule has 3 aromatic carbocycles. The van der Waals surface area contributed by atoms with Crippen LogP contribution in [0.5, 0.6) is 0 Å². The number of aryl methyl sites for hydroxylation is 2. The molecule has 0 saturated heterocycles. The summed E-state index contributed by atoms with van der Waals surface area (Å²) >= 11 is 0. The Morgan fingerprint density at radius 1 is 0.972 bits per heavy atom. The van der Waals surface area contributed by atoms with Crippen LogP contribution < -0.4 is 16.4 Å². The van der Waals surface area contributed by atoms with Gasteiger partial charge in [0.25, 0.3) is 5.91 Å². The monoisotopic (exact) mass is 480 g/mol. The van der Waals surface area contributed by atoms with Crippen molar-refractivity contribution in [2.24, 2.45) is 0 Å². The molecule has 36 heavy (non-hydrogen) atoms. The van der Waals surface area contributed by atoms with Crippen molar-refractivity contribution in [3.05, 3.63) is 117 Å². The molecule has 4 aromatic rings. The average Bonchev–Trinajstić information content (AvgIpc) is 3.41. The van der Waals surface area contributed by atoms with Gasteiger partial charge in [-0.1, -0.05) is 24.3 Å². The van der Waals surface area contributed by atoms with E-state index in [1.165, 1.54) is 6.07 Å². The number of hydrogen-bond donors (Lipinski definition) is 3. The van der Waals surface area contributed by atoms with Crippen LogP contribution in [0.15, 0.2) is 66.7 Å². The Hall–Kier alpha value is -4.23. The summed E-state index contributed by atoms with van der Waals surface area (Å²) in [4.78, 5) is 17.3. The number of nitrogens with one attached hydrogen (secondary N) is 2.